The van der Waals surface area contributed by atoms with E-state index in [0.29, 0.717) is 16.9 Å². The van der Waals surface area contributed by atoms with Crippen molar-refractivity contribution in [2.45, 2.75) is 6.67 Å². The summed E-state index contributed by atoms with van der Waals surface area (Å²) in [4.78, 5) is 11.3. The normalized spacial score (nSPS) is 9.93. The summed E-state index contributed by atoms with van der Waals surface area (Å²) in [6, 6.07) is 4.77. The number of benzene rings is 1. The van der Waals surface area contributed by atoms with E-state index >= 15 is 0 Å². The second-order valence-electron chi connectivity index (χ2n) is 2.71. The number of halogens is 2. The van der Waals surface area contributed by atoms with Crippen LogP contribution in [0.5, 0.6) is 5.75 Å². The Balaban J connectivity index is 3.11. The number of Topliss-reactive ketones (excluding diaryl/α,β-unsaturated/α-hetero) is 1. The Kier molecular flexibility index (Phi) is 4.07. The van der Waals surface area contributed by atoms with Crippen LogP contribution in [0, 0.1) is 0 Å². The maximum atomic E-state index is 12.6. The summed E-state index contributed by atoms with van der Waals surface area (Å²) in [5.74, 6) is 0.434. The van der Waals surface area contributed by atoms with Gasteiger partial charge in [0.25, 0.3) is 0 Å². The molecule has 0 saturated carbocycles. The third-order valence-corrected chi connectivity index (χ3v) is 2.39. The fourth-order valence-corrected chi connectivity index (χ4v) is 1.45. The van der Waals surface area contributed by atoms with Gasteiger partial charge in [-0.1, -0.05) is 15.9 Å². The molecule has 4 heteroatoms. The molecule has 0 atom stereocenters. The zero-order valence-corrected chi connectivity index (χ0v) is 9.30. The Bertz CT molecular complexity index is 339. The standard InChI is InChI=1S/C10H10BrFO2/c1-14-8-2-3-9(10(13)5-11)7(4-8)6-12/h2-4H,5-6H2,1H3. The molecular weight excluding hydrogens is 251 g/mol. The van der Waals surface area contributed by atoms with Crippen LogP contribution in [0.4, 0.5) is 4.39 Å². The summed E-state index contributed by atoms with van der Waals surface area (Å²) >= 11 is 3.05. The second kappa shape index (κ2) is 5.10. The lowest BCUT2D eigenvalue weighted by Gasteiger charge is -2.06. The number of alkyl halides is 2. The summed E-state index contributed by atoms with van der Waals surface area (Å²) in [6.07, 6.45) is 0. The number of carbonyl (C=O) groups is 1. The van der Waals surface area contributed by atoms with Crippen molar-refractivity contribution in [3.8, 4) is 5.75 Å². The van der Waals surface area contributed by atoms with Gasteiger partial charge < -0.3 is 4.74 Å². The minimum absolute atomic E-state index is 0.125. The van der Waals surface area contributed by atoms with Crippen molar-refractivity contribution in [3.05, 3.63) is 29.3 Å². The lowest BCUT2D eigenvalue weighted by Crippen LogP contribution is -2.04. The Hall–Kier alpha value is -0.900. The zero-order chi connectivity index (χ0) is 10.6. The summed E-state index contributed by atoms with van der Waals surface area (Å²) in [5.41, 5.74) is 0.777. The molecule has 0 aliphatic rings. The molecule has 0 N–H and O–H groups in total. The predicted molar refractivity (Wildman–Crippen MR) is 55.9 cm³/mol. The molecule has 0 aliphatic heterocycles. The number of carbonyl (C=O) groups excluding carboxylic acids is 1. The Labute approximate surface area is 90.2 Å². The molecule has 0 fully saturated rings. The van der Waals surface area contributed by atoms with Crippen molar-refractivity contribution in [1.29, 1.82) is 0 Å². The van der Waals surface area contributed by atoms with Gasteiger partial charge in [0.05, 0.1) is 12.4 Å². The molecule has 76 valence electrons. The van der Waals surface area contributed by atoms with Gasteiger partial charge in [-0.15, -0.1) is 0 Å². The molecule has 2 nitrogen and oxygen atoms in total. The molecule has 0 aliphatic carbocycles. The van der Waals surface area contributed by atoms with Crippen molar-refractivity contribution in [1.82, 2.24) is 0 Å². The van der Waals surface area contributed by atoms with E-state index in [-0.39, 0.29) is 11.1 Å². The van der Waals surface area contributed by atoms with Gasteiger partial charge in [0.1, 0.15) is 12.4 Å². The number of hydrogen-bond donors (Lipinski definition) is 0. The summed E-state index contributed by atoms with van der Waals surface area (Å²) < 4.78 is 17.5. The van der Waals surface area contributed by atoms with E-state index < -0.39 is 6.67 Å². The quantitative estimate of drug-likeness (QED) is 0.615. The molecular formula is C10H10BrFO2. The lowest BCUT2D eigenvalue weighted by molar-refractivity contribution is 0.102. The molecule has 1 aromatic carbocycles. The van der Waals surface area contributed by atoms with Gasteiger partial charge >= 0.3 is 0 Å². The van der Waals surface area contributed by atoms with Crippen molar-refractivity contribution in [3.63, 3.8) is 0 Å². The second-order valence-corrected chi connectivity index (χ2v) is 3.27. The Morgan fingerprint density at radius 2 is 2.29 bits per heavy atom. The highest BCUT2D eigenvalue weighted by atomic mass is 79.9. The van der Waals surface area contributed by atoms with Crippen LogP contribution in [-0.4, -0.2) is 18.2 Å². The highest BCUT2D eigenvalue weighted by molar-refractivity contribution is 9.09. The number of methoxy groups -OCH3 is 1. The first-order chi connectivity index (χ1) is 6.72. The van der Waals surface area contributed by atoms with Crippen LogP contribution < -0.4 is 4.74 Å². The highest BCUT2D eigenvalue weighted by Crippen LogP contribution is 2.19. The summed E-state index contributed by atoms with van der Waals surface area (Å²) in [6.45, 7) is -0.661. The van der Waals surface area contributed by atoms with Crippen LogP contribution in [0.1, 0.15) is 15.9 Å². The summed E-state index contributed by atoms with van der Waals surface area (Å²) in [7, 11) is 1.50. The number of hydrogen-bond acceptors (Lipinski definition) is 2. The van der Waals surface area contributed by atoms with Gasteiger partial charge in [0, 0.05) is 5.56 Å². The van der Waals surface area contributed by atoms with E-state index in [2.05, 4.69) is 15.9 Å². The molecule has 0 bridgehead atoms. The zero-order valence-electron chi connectivity index (χ0n) is 7.72. The van der Waals surface area contributed by atoms with Gasteiger partial charge in [-0.05, 0) is 23.8 Å². The summed E-state index contributed by atoms with van der Waals surface area (Å²) in [5, 5.41) is 0.201. The molecule has 14 heavy (non-hydrogen) atoms. The molecule has 0 amide bonds. The molecule has 0 heterocycles. The van der Waals surface area contributed by atoms with E-state index in [0.717, 1.165) is 0 Å². The van der Waals surface area contributed by atoms with Gasteiger partial charge in [0.15, 0.2) is 5.78 Å². The maximum Gasteiger partial charge on any atom is 0.173 e. The molecule has 1 aromatic rings. The first kappa shape index (κ1) is 11.2. The third kappa shape index (κ3) is 2.32. The minimum Gasteiger partial charge on any atom is -0.497 e. The van der Waals surface area contributed by atoms with Crippen molar-refractivity contribution >= 4 is 21.7 Å². The Morgan fingerprint density at radius 1 is 1.57 bits per heavy atom. The fourth-order valence-electron chi connectivity index (χ4n) is 1.15. The van der Waals surface area contributed by atoms with Crippen molar-refractivity contribution in [2.24, 2.45) is 0 Å². The number of rotatable bonds is 4. The predicted octanol–water partition coefficient (Wildman–Crippen LogP) is 2.74. The fraction of sp³-hybridized carbons (Fsp3) is 0.300. The first-order valence-electron chi connectivity index (χ1n) is 4.05. The SMILES string of the molecule is COc1ccc(C(=O)CBr)c(CF)c1. The first-order valence-corrected chi connectivity index (χ1v) is 5.17. The van der Waals surface area contributed by atoms with E-state index in [1.54, 1.807) is 12.1 Å². The molecule has 0 aromatic heterocycles. The number of ketones is 1. The minimum atomic E-state index is -0.661. The average Bonchev–Trinajstić information content (AvgIpc) is 2.27. The van der Waals surface area contributed by atoms with Crippen molar-refractivity contribution < 1.29 is 13.9 Å². The van der Waals surface area contributed by atoms with Crippen molar-refractivity contribution in [2.75, 3.05) is 12.4 Å². The molecule has 0 unspecified atom stereocenters. The average molecular weight is 261 g/mol. The van der Waals surface area contributed by atoms with Gasteiger partial charge in [-0.2, -0.15) is 0 Å². The van der Waals surface area contributed by atoms with Crippen LogP contribution in [0.15, 0.2) is 18.2 Å². The molecule has 0 saturated heterocycles. The highest BCUT2D eigenvalue weighted by Gasteiger charge is 2.10. The van der Waals surface area contributed by atoms with Gasteiger partial charge in [-0.3, -0.25) is 4.79 Å². The van der Waals surface area contributed by atoms with E-state index in [4.69, 9.17) is 4.74 Å². The largest absolute Gasteiger partial charge is 0.497 e. The lowest BCUT2D eigenvalue weighted by atomic mass is 10.1. The van der Waals surface area contributed by atoms with E-state index in [9.17, 15) is 9.18 Å². The number of ether oxygens (including phenoxy) is 1. The maximum absolute atomic E-state index is 12.6. The third-order valence-electron chi connectivity index (χ3n) is 1.88. The van der Waals surface area contributed by atoms with E-state index in [1.807, 2.05) is 0 Å². The Morgan fingerprint density at radius 3 is 2.79 bits per heavy atom. The smallest absolute Gasteiger partial charge is 0.173 e. The van der Waals surface area contributed by atoms with Crippen LogP contribution in [-0.2, 0) is 6.67 Å². The van der Waals surface area contributed by atoms with E-state index in [1.165, 1.54) is 13.2 Å². The monoisotopic (exact) mass is 260 g/mol. The molecule has 1 rings (SSSR count). The molecule has 0 radical (unpaired) electrons. The molecule has 0 spiro atoms. The van der Waals surface area contributed by atoms with Gasteiger partial charge in [0.2, 0.25) is 0 Å². The van der Waals surface area contributed by atoms with Crippen LogP contribution in [0.3, 0.4) is 0 Å². The van der Waals surface area contributed by atoms with Crippen LogP contribution >= 0.6 is 15.9 Å². The van der Waals surface area contributed by atoms with Gasteiger partial charge in [-0.25, -0.2) is 4.39 Å². The topological polar surface area (TPSA) is 26.3 Å². The van der Waals surface area contributed by atoms with Crippen LogP contribution in [0.25, 0.3) is 0 Å². The van der Waals surface area contributed by atoms with Crippen LogP contribution in [0.2, 0.25) is 0 Å².